The predicted molar refractivity (Wildman–Crippen MR) is 112 cm³/mol. The summed E-state index contributed by atoms with van der Waals surface area (Å²) >= 11 is 1.12. The van der Waals surface area contributed by atoms with Crippen molar-refractivity contribution in [1.82, 2.24) is 20.1 Å². The molecule has 30 heavy (non-hydrogen) atoms. The first kappa shape index (κ1) is 19.5. The lowest BCUT2D eigenvalue weighted by Crippen LogP contribution is -2.47. The first-order valence-corrected chi connectivity index (χ1v) is 9.97. The minimum absolute atomic E-state index is 0.146. The largest absolute Gasteiger partial charge is 0.363 e. The fourth-order valence-corrected chi connectivity index (χ4v) is 3.81. The minimum atomic E-state index is -1.10. The van der Waals surface area contributed by atoms with Crippen molar-refractivity contribution in [2.24, 2.45) is 5.73 Å². The topological polar surface area (TPSA) is 120 Å². The van der Waals surface area contributed by atoms with Crippen LogP contribution in [0.15, 0.2) is 66.3 Å². The highest BCUT2D eigenvalue weighted by Crippen LogP contribution is 2.22. The number of Topliss-reactive ketones (excluding diaryl/α,β-unsaturated/α-hetero) is 1. The van der Waals surface area contributed by atoms with Gasteiger partial charge in [0.15, 0.2) is 5.82 Å². The van der Waals surface area contributed by atoms with Crippen LogP contribution in [-0.4, -0.2) is 38.4 Å². The summed E-state index contributed by atoms with van der Waals surface area (Å²) in [5.41, 5.74) is 8.31. The number of nitrogens with zero attached hydrogens (tertiary/aromatic N) is 3. The molecule has 0 saturated heterocycles. The number of nitrogens with two attached hydrogens (primary N) is 1. The summed E-state index contributed by atoms with van der Waals surface area (Å²) < 4.78 is 1.57. The number of aromatic nitrogens is 3. The van der Waals surface area contributed by atoms with E-state index in [1.54, 1.807) is 23.0 Å². The van der Waals surface area contributed by atoms with Crippen LogP contribution in [0.3, 0.4) is 0 Å². The number of amides is 2. The van der Waals surface area contributed by atoms with Crippen LogP contribution in [0.4, 0.5) is 0 Å². The van der Waals surface area contributed by atoms with Crippen LogP contribution in [0.25, 0.3) is 16.7 Å². The lowest BCUT2D eigenvalue weighted by molar-refractivity contribution is -0.137. The van der Waals surface area contributed by atoms with E-state index >= 15 is 0 Å². The predicted octanol–water partition coefficient (Wildman–Crippen LogP) is 1.88. The number of primary amides is 1. The van der Waals surface area contributed by atoms with E-state index in [-0.39, 0.29) is 11.3 Å². The van der Waals surface area contributed by atoms with Crippen molar-refractivity contribution in [3.63, 3.8) is 0 Å². The molecule has 4 rings (SSSR count). The van der Waals surface area contributed by atoms with Gasteiger partial charge in [-0.05, 0) is 11.6 Å². The maximum atomic E-state index is 13.0. The Hall–Kier alpha value is -3.85. The van der Waals surface area contributed by atoms with Crippen molar-refractivity contribution in [3.8, 4) is 5.82 Å². The fraction of sp³-hybridized carbons (Fsp3) is 0.0952. The van der Waals surface area contributed by atoms with Crippen LogP contribution in [0, 0.1) is 0 Å². The first-order chi connectivity index (χ1) is 14.5. The van der Waals surface area contributed by atoms with Crippen LogP contribution >= 0.6 is 11.3 Å². The highest BCUT2D eigenvalue weighted by Gasteiger charge is 2.28. The van der Waals surface area contributed by atoms with Gasteiger partial charge in [0.25, 0.3) is 11.8 Å². The standard InChI is InChI=1S/C21H17N5O3S/c22-19(28)17(27)15(10-13-6-2-1-3-7-13)25-21(29)18-20(23-12-30-18)26-16-9-5-4-8-14(16)11-24-26/h1-9,11-12,15H,10H2,(H2,22,28)(H,25,29). The second kappa shape index (κ2) is 8.26. The van der Waals surface area contributed by atoms with Crippen molar-refractivity contribution < 1.29 is 14.4 Å². The Bertz CT molecular complexity index is 1230. The molecule has 9 heteroatoms. The molecule has 8 nitrogen and oxygen atoms in total. The average Bonchev–Trinajstić information content (AvgIpc) is 3.40. The molecule has 1 unspecified atom stereocenters. The second-order valence-corrected chi connectivity index (χ2v) is 7.42. The molecular formula is C21H17N5O3S. The van der Waals surface area contributed by atoms with E-state index in [1.165, 1.54) is 5.51 Å². The monoisotopic (exact) mass is 419 g/mol. The molecule has 0 spiro atoms. The summed E-state index contributed by atoms with van der Waals surface area (Å²) in [6.07, 6.45) is 1.83. The van der Waals surface area contributed by atoms with E-state index in [0.717, 1.165) is 27.8 Å². The van der Waals surface area contributed by atoms with Crippen molar-refractivity contribution in [2.75, 3.05) is 0 Å². The Morgan fingerprint density at radius 2 is 1.80 bits per heavy atom. The second-order valence-electron chi connectivity index (χ2n) is 6.56. The molecule has 0 fully saturated rings. The molecule has 3 N–H and O–H groups in total. The van der Waals surface area contributed by atoms with Crippen molar-refractivity contribution in [1.29, 1.82) is 0 Å². The van der Waals surface area contributed by atoms with E-state index in [4.69, 9.17) is 5.73 Å². The maximum absolute atomic E-state index is 13.0. The van der Waals surface area contributed by atoms with Gasteiger partial charge in [-0.1, -0.05) is 48.5 Å². The number of rotatable bonds is 7. The van der Waals surface area contributed by atoms with Gasteiger partial charge in [0.2, 0.25) is 5.78 Å². The molecule has 150 valence electrons. The summed E-state index contributed by atoms with van der Waals surface area (Å²) in [5.74, 6) is -2.13. The summed E-state index contributed by atoms with van der Waals surface area (Å²) in [4.78, 5) is 41.4. The molecule has 0 radical (unpaired) electrons. The fourth-order valence-electron chi connectivity index (χ4n) is 3.14. The van der Waals surface area contributed by atoms with Crippen LogP contribution in [-0.2, 0) is 16.0 Å². The van der Waals surface area contributed by atoms with Gasteiger partial charge < -0.3 is 11.1 Å². The summed E-state index contributed by atoms with van der Waals surface area (Å²) in [5, 5.41) is 7.88. The van der Waals surface area contributed by atoms with E-state index in [9.17, 15) is 14.4 Å². The highest BCUT2D eigenvalue weighted by molar-refractivity contribution is 7.12. The highest BCUT2D eigenvalue weighted by atomic mass is 32.1. The van der Waals surface area contributed by atoms with Gasteiger partial charge in [0, 0.05) is 11.8 Å². The smallest absolute Gasteiger partial charge is 0.287 e. The number of thiazole rings is 1. The molecule has 0 saturated carbocycles. The molecule has 2 heterocycles. The van der Waals surface area contributed by atoms with Crippen molar-refractivity contribution >= 4 is 39.8 Å². The normalized spacial score (nSPS) is 11.9. The summed E-state index contributed by atoms with van der Waals surface area (Å²) in [7, 11) is 0. The zero-order valence-corrected chi connectivity index (χ0v) is 16.5. The Kier molecular flexibility index (Phi) is 5.36. The molecular weight excluding hydrogens is 402 g/mol. The quantitative estimate of drug-likeness (QED) is 0.443. The molecule has 2 aromatic carbocycles. The Balaban J connectivity index is 1.63. The van der Waals surface area contributed by atoms with Crippen LogP contribution in [0.5, 0.6) is 0 Å². The van der Waals surface area contributed by atoms with Crippen LogP contribution in [0.2, 0.25) is 0 Å². The molecule has 0 aliphatic heterocycles. The maximum Gasteiger partial charge on any atom is 0.287 e. The number of ketones is 1. The number of carbonyl (C=O) groups excluding carboxylic acids is 3. The zero-order chi connectivity index (χ0) is 21.1. The van der Waals surface area contributed by atoms with E-state index < -0.39 is 23.6 Å². The van der Waals surface area contributed by atoms with Crippen molar-refractivity contribution in [2.45, 2.75) is 12.5 Å². The third-order valence-corrected chi connectivity index (χ3v) is 5.39. The van der Waals surface area contributed by atoms with Gasteiger partial charge in [-0.2, -0.15) is 5.10 Å². The van der Waals surface area contributed by atoms with E-state index in [0.29, 0.717) is 5.82 Å². The molecule has 2 amide bonds. The lowest BCUT2D eigenvalue weighted by atomic mass is 10.0. The summed E-state index contributed by atoms with van der Waals surface area (Å²) in [6.45, 7) is 0. The zero-order valence-electron chi connectivity index (χ0n) is 15.7. The van der Waals surface area contributed by atoms with Crippen molar-refractivity contribution in [3.05, 3.63) is 76.7 Å². The van der Waals surface area contributed by atoms with Gasteiger partial charge in [0.1, 0.15) is 10.9 Å². The molecule has 0 bridgehead atoms. The van der Waals surface area contributed by atoms with E-state index in [1.807, 2.05) is 42.5 Å². The van der Waals surface area contributed by atoms with Gasteiger partial charge >= 0.3 is 0 Å². The number of benzene rings is 2. The third kappa shape index (κ3) is 3.83. The Morgan fingerprint density at radius 1 is 1.07 bits per heavy atom. The number of carbonyl (C=O) groups is 3. The molecule has 0 aliphatic rings. The number of nitrogens with one attached hydrogen (secondary N) is 1. The first-order valence-electron chi connectivity index (χ1n) is 9.09. The van der Waals surface area contributed by atoms with Gasteiger partial charge in [-0.15, -0.1) is 11.3 Å². The van der Waals surface area contributed by atoms with Crippen LogP contribution in [0.1, 0.15) is 15.2 Å². The number of para-hydroxylation sites is 1. The molecule has 2 aromatic heterocycles. The minimum Gasteiger partial charge on any atom is -0.363 e. The Labute approximate surface area is 175 Å². The molecule has 0 aliphatic carbocycles. The van der Waals surface area contributed by atoms with Gasteiger partial charge in [-0.3, -0.25) is 14.4 Å². The number of hydrogen-bond donors (Lipinski definition) is 2. The third-order valence-electron chi connectivity index (χ3n) is 4.58. The lowest BCUT2D eigenvalue weighted by Gasteiger charge is -2.16. The van der Waals surface area contributed by atoms with Gasteiger partial charge in [-0.25, -0.2) is 9.67 Å². The Morgan fingerprint density at radius 3 is 2.57 bits per heavy atom. The number of hydrogen-bond acceptors (Lipinski definition) is 6. The van der Waals surface area contributed by atoms with E-state index in [2.05, 4.69) is 15.4 Å². The molecule has 4 aromatic rings. The summed E-state index contributed by atoms with van der Waals surface area (Å²) in [6, 6.07) is 15.5. The number of fused-ring (bicyclic) bond motifs is 1. The molecule has 1 atom stereocenters. The SMILES string of the molecule is NC(=O)C(=O)C(Cc1ccccc1)NC(=O)c1scnc1-n1ncc2ccccc21. The van der Waals surface area contributed by atoms with Crippen LogP contribution < -0.4 is 11.1 Å². The van der Waals surface area contributed by atoms with Gasteiger partial charge in [0.05, 0.1) is 17.2 Å². The average molecular weight is 419 g/mol.